The van der Waals surface area contributed by atoms with Crippen LogP contribution in [0.5, 0.6) is 5.75 Å². The Labute approximate surface area is 118 Å². The smallest absolute Gasteiger partial charge is 0.125 e. The molecule has 0 aliphatic carbocycles. The Bertz CT molecular complexity index is 415. The molecule has 100 valence electrons. The maximum atomic E-state index is 6.29. The third-order valence-corrected chi connectivity index (χ3v) is 4.48. The van der Waals surface area contributed by atoms with Crippen LogP contribution in [-0.2, 0) is 0 Å². The van der Waals surface area contributed by atoms with Gasteiger partial charge in [0.2, 0.25) is 0 Å². The third-order valence-electron chi connectivity index (χ3n) is 3.99. The van der Waals surface area contributed by atoms with Gasteiger partial charge in [0.25, 0.3) is 0 Å². The van der Waals surface area contributed by atoms with Crippen LogP contribution < -0.4 is 10.1 Å². The lowest BCUT2D eigenvalue weighted by Gasteiger charge is -2.42. The van der Waals surface area contributed by atoms with Gasteiger partial charge in [-0.2, -0.15) is 0 Å². The monoisotopic (exact) mass is 311 g/mol. The summed E-state index contributed by atoms with van der Waals surface area (Å²) in [4.78, 5) is 0. The molecule has 1 heterocycles. The summed E-state index contributed by atoms with van der Waals surface area (Å²) in [7, 11) is 0. The number of nitrogens with one attached hydrogen (secondary N) is 1. The molecule has 1 unspecified atom stereocenters. The molecular weight excluding hydrogens is 290 g/mol. The Hall–Kier alpha value is -0.540. The molecule has 1 atom stereocenters. The third kappa shape index (κ3) is 2.57. The molecular formula is C15H22BrNO. The summed E-state index contributed by atoms with van der Waals surface area (Å²) in [6.45, 7) is 7.58. The van der Waals surface area contributed by atoms with Crippen LogP contribution in [0.25, 0.3) is 0 Å². The van der Waals surface area contributed by atoms with Gasteiger partial charge in [-0.1, -0.05) is 36.7 Å². The number of rotatable bonds is 4. The maximum absolute atomic E-state index is 6.29. The molecule has 0 saturated carbocycles. The summed E-state index contributed by atoms with van der Waals surface area (Å²) >= 11 is 3.55. The van der Waals surface area contributed by atoms with Gasteiger partial charge in [0.15, 0.2) is 0 Å². The Balaban J connectivity index is 2.39. The van der Waals surface area contributed by atoms with Gasteiger partial charge in [0.05, 0.1) is 0 Å². The minimum absolute atomic E-state index is 0.00628. The van der Waals surface area contributed by atoms with Crippen molar-refractivity contribution < 1.29 is 4.74 Å². The highest BCUT2D eigenvalue weighted by atomic mass is 79.9. The Morgan fingerprint density at radius 2 is 2.06 bits per heavy atom. The Morgan fingerprint density at radius 1 is 1.33 bits per heavy atom. The summed E-state index contributed by atoms with van der Waals surface area (Å²) in [5.41, 5.74) is 1.27. The summed E-state index contributed by atoms with van der Waals surface area (Å²) in [6.07, 6.45) is 3.17. The normalized spacial score (nSPS) is 21.2. The molecule has 1 aromatic carbocycles. The highest BCUT2D eigenvalue weighted by Crippen LogP contribution is 2.43. The average Bonchev–Trinajstić information content (AvgIpc) is 2.39. The van der Waals surface area contributed by atoms with E-state index in [0.29, 0.717) is 6.04 Å². The number of hydrogen-bond acceptors (Lipinski definition) is 2. The summed E-state index contributed by atoms with van der Waals surface area (Å²) in [6, 6.07) is 6.72. The number of benzene rings is 1. The first-order chi connectivity index (χ1) is 8.64. The van der Waals surface area contributed by atoms with Crippen molar-refractivity contribution in [2.24, 2.45) is 0 Å². The lowest BCUT2D eigenvalue weighted by molar-refractivity contribution is 0.0230. The molecule has 1 aliphatic heterocycles. The highest BCUT2D eigenvalue weighted by molar-refractivity contribution is 9.10. The van der Waals surface area contributed by atoms with E-state index in [2.05, 4.69) is 60.2 Å². The number of ether oxygens (including phenoxy) is 1. The molecule has 1 aromatic rings. The molecule has 0 saturated heterocycles. The summed E-state index contributed by atoms with van der Waals surface area (Å²) in [5.74, 6) is 1.04. The SMILES string of the molecule is CCNC1CC(CC)(CC)Oc2ccc(Br)cc21. The zero-order valence-corrected chi connectivity index (χ0v) is 13.0. The van der Waals surface area contributed by atoms with E-state index in [-0.39, 0.29) is 5.60 Å². The first kappa shape index (κ1) is 13.9. The van der Waals surface area contributed by atoms with Crippen LogP contribution in [0, 0.1) is 0 Å². The van der Waals surface area contributed by atoms with Crippen LogP contribution in [0.3, 0.4) is 0 Å². The molecule has 18 heavy (non-hydrogen) atoms. The van der Waals surface area contributed by atoms with Gasteiger partial charge < -0.3 is 10.1 Å². The molecule has 0 bridgehead atoms. The maximum Gasteiger partial charge on any atom is 0.125 e. The number of halogens is 1. The minimum Gasteiger partial charge on any atom is -0.487 e. The van der Waals surface area contributed by atoms with Crippen molar-refractivity contribution in [1.82, 2.24) is 5.32 Å². The van der Waals surface area contributed by atoms with Crippen LogP contribution in [0.2, 0.25) is 0 Å². The second kappa shape index (κ2) is 5.62. The van der Waals surface area contributed by atoms with Crippen molar-refractivity contribution in [2.75, 3.05) is 6.54 Å². The van der Waals surface area contributed by atoms with Crippen molar-refractivity contribution in [2.45, 2.75) is 51.7 Å². The fourth-order valence-corrected chi connectivity index (χ4v) is 3.13. The summed E-state index contributed by atoms with van der Waals surface area (Å²) < 4.78 is 7.41. The molecule has 0 radical (unpaired) electrons. The van der Waals surface area contributed by atoms with Crippen LogP contribution in [0.1, 0.15) is 51.6 Å². The molecule has 2 nitrogen and oxygen atoms in total. The van der Waals surface area contributed by atoms with E-state index in [4.69, 9.17) is 4.74 Å². The predicted molar refractivity (Wildman–Crippen MR) is 79.1 cm³/mol. The van der Waals surface area contributed by atoms with Crippen molar-refractivity contribution in [3.63, 3.8) is 0 Å². The van der Waals surface area contributed by atoms with E-state index in [9.17, 15) is 0 Å². The lowest BCUT2D eigenvalue weighted by Crippen LogP contribution is -2.43. The van der Waals surface area contributed by atoms with Crippen LogP contribution in [-0.4, -0.2) is 12.1 Å². The molecule has 0 amide bonds. The molecule has 0 aromatic heterocycles. The van der Waals surface area contributed by atoms with Gasteiger partial charge in [-0.15, -0.1) is 0 Å². The van der Waals surface area contributed by atoms with E-state index >= 15 is 0 Å². The molecule has 0 fully saturated rings. The quantitative estimate of drug-likeness (QED) is 0.887. The first-order valence-corrected chi connectivity index (χ1v) is 7.65. The van der Waals surface area contributed by atoms with Gasteiger partial charge >= 0.3 is 0 Å². The molecule has 1 aliphatic rings. The van der Waals surface area contributed by atoms with Gasteiger partial charge in [-0.25, -0.2) is 0 Å². The second-order valence-electron chi connectivity index (χ2n) is 4.99. The van der Waals surface area contributed by atoms with E-state index in [1.807, 2.05) is 0 Å². The largest absolute Gasteiger partial charge is 0.487 e. The van der Waals surface area contributed by atoms with Crippen LogP contribution in [0.4, 0.5) is 0 Å². The van der Waals surface area contributed by atoms with Crippen LogP contribution in [0.15, 0.2) is 22.7 Å². The second-order valence-corrected chi connectivity index (χ2v) is 5.90. The standard InChI is InChI=1S/C15H22BrNO/c1-4-15(5-2)10-13(17-6-3)12-9-11(16)7-8-14(12)18-15/h7-9,13,17H,4-6,10H2,1-3H3. The minimum atomic E-state index is -0.00628. The zero-order valence-electron chi connectivity index (χ0n) is 11.4. The summed E-state index contributed by atoms with van der Waals surface area (Å²) in [5, 5.41) is 3.59. The molecule has 2 rings (SSSR count). The topological polar surface area (TPSA) is 21.3 Å². The molecule has 1 N–H and O–H groups in total. The fraction of sp³-hybridized carbons (Fsp3) is 0.600. The number of hydrogen-bond donors (Lipinski definition) is 1. The highest BCUT2D eigenvalue weighted by Gasteiger charge is 2.38. The Morgan fingerprint density at radius 3 is 2.67 bits per heavy atom. The molecule has 0 spiro atoms. The van der Waals surface area contributed by atoms with E-state index in [1.54, 1.807) is 0 Å². The van der Waals surface area contributed by atoms with Crippen LogP contribution >= 0.6 is 15.9 Å². The van der Waals surface area contributed by atoms with E-state index in [1.165, 1.54) is 5.56 Å². The first-order valence-electron chi connectivity index (χ1n) is 6.86. The van der Waals surface area contributed by atoms with Crippen molar-refractivity contribution in [3.05, 3.63) is 28.2 Å². The van der Waals surface area contributed by atoms with Gasteiger partial charge in [0, 0.05) is 22.5 Å². The van der Waals surface area contributed by atoms with Crippen molar-refractivity contribution in [1.29, 1.82) is 0 Å². The van der Waals surface area contributed by atoms with Crippen molar-refractivity contribution >= 4 is 15.9 Å². The van der Waals surface area contributed by atoms with Crippen molar-refractivity contribution in [3.8, 4) is 5.75 Å². The van der Waals surface area contributed by atoms with Gasteiger partial charge in [-0.3, -0.25) is 0 Å². The Kier molecular flexibility index (Phi) is 4.33. The zero-order chi connectivity index (χ0) is 13.2. The number of fused-ring (bicyclic) bond motifs is 1. The van der Waals surface area contributed by atoms with E-state index in [0.717, 1.165) is 36.0 Å². The lowest BCUT2D eigenvalue weighted by atomic mass is 9.83. The van der Waals surface area contributed by atoms with Gasteiger partial charge in [0.1, 0.15) is 11.4 Å². The molecule has 3 heteroatoms. The van der Waals surface area contributed by atoms with Gasteiger partial charge in [-0.05, 0) is 37.6 Å². The predicted octanol–water partition coefficient (Wildman–Crippen LogP) is 4.44. The van der Waals surface area contributed by atoms with E-state index < -0.39 is 0 Å². The fourth-order valence-electron chi connectivity index (χ4n) is 2.75. The average molecular weight is 312 g/mol.